The minimum Gasteiger partial charge on any atom is -0.326 e. The first-order valence-electron chi connectivity index (χ1n) is 8.88. The molecule has 2 aromatic carbocycles. The van der Waals surface area contributed by atoms with Crippen LogP contribution < -0.4 is 5.32 Å². The zero-order valence-electron chi connectivity index (χ0n) is 14.7. The van der Waals surface area contributed by atoms with E-state index in [1.165, 1.54) is 0 Å². The third-order valence-corrected chi connectivity index (χ3v) is 5.19. The van der Waals surface area contributed by atoms with Gasteiger partial charge in [0, 0.05) is 34.6 Å². The van der Waals surface area contributed by atoms with E-state index in [1.807, 2.05) is 18.2 Å². The molecule has 0 spiro atoms. The van der Waals surface area contributed by atoms with E-state index >= 15 is 0 Å². The van der Waals surface area contributed by atoms with E-state index in [2.05, 4.69) is 10.3 Å². The van der Waals surface area contributed by atoms with Crippen molar-refractivity contribution in [1.29, 1.82) is 0 Å². The number of likely N-dealkylation sites (tertiary alicyclic amines) is 1. The Bertz CT molecular complexity index is 1150. The third kappa shape index (κ3) is 2.70. The highest BCUT2D eigenvalue weighted by Gasteiger charge is 2.46. The van der Waals surface area contributed by atoms with Crippen LogP contribution in [0.4, 0.5) is 14.5 Å². The zero-order valence-corrected chi connectivity index (χ0v) is 14.7. The van der Waals surface area contributed by atoms with E-state index in [-0.39, 0.29) is 5.91 Å². The maximum atomic E-state index is 13.1. The van der Waals surface area contributed by atoms with Gasteiger partial charge in [0.15, 0.2) is 0 Å². The lowest BCUT2D eigenvalue weighted by Crippen LogP contribution is -2.58. The van der Waals surface area contributed by atoms with E-state index < -0.39 is 24.9 Å². The summed E-state index contributed by atoms with van der Waals surface area (Å²) in [7, 11) is 0. The number of alkyl halides is 2. The van der Waals surface area contributed by atoms with Crippen LogP contribution in [0.5, 0.6) is 0 Å². The van der Waals surface area contributed by atoms with Gasteiger partial charge in [-0.25, -0.2) is 8.78 Å². The van der Waals surface area contributed by atoms with Gasteiger partial charge < -0.3 is 10.2 Å². The molecule has 7 heteroatoms. The van der Waals surface area contributed by atoms with Crippen LogP contribution in [0.2, 0.25) is 0 Å². The summed E-state index contributed by atoms with van der Waals surface area (Å²) in [5.74, 6) is -3.24. The Balaban J connectivity index is 1.56. The number of hydrogen-bond donors (Lipinski definition) is 1. The number of rotatable bonds is 2. The number of benzene rings is 2. The summed E-state index contributed by atoms with van der Waals surface area (Å²) >= 11 is 0. The van der Waals surface area contributed by atoms with Gasteiger partial charge >= 0.3 is 0 Å². The van der Waals surface area contributed by atoms with Gasteiger partial charge in [0.2, 0.25) is 5.91 Å². The molecule has 0 atom stereocenters. The molecule has 0 saturated carbocycles. The number of pyridine rings is 1. The number of amides is 2. The predicted octanol–water partition coefficient (Wildman–Crippen LogP) is 3.49. The first-order valence-corrected chi connectivity index (χ1v) is 8.88. The number of fused-ring (bicyclic) bond motifs is 2. The fourth-order valence-corrected chi connectivity index (χ4v) is 3.75. The Kier molecular flexibility index (Phi) is 3.49. The normalized spacial score (nSPS) is 17.2. The Morgan fingerprint density at radius 1 is 1.11 bits per heavy atom. The van der Waals surface area contributed by atoms with Crippen molar-refractivity contribution in [1.82, 2.24) is 9.88 Å². The monoisotopic (exact) mass is 379 g/mol. The molecule has 2 aliphatic rings. The molecular weight excluding hydrogens is 364 g/mol. The molecule has 0 aliphatic carbocycles. The van der Waals surface area contributed by atoms with Crippen LogP contribution in [-0.4, -0.2) is 40.7 Å². The number of halogens is 2. The number of hydrogen-bond acceptors (Lipinski definition) is 3. The largest absolute Gasteiger partial charge is 0.326 e. The van der Waals surface area contributed by atoms with Crippen molar-refractivity contribution in [2.24, 2.45) is 0 Å². The van der Waals surface area contributed by atoms with E-state index in [0.29, 0.717) is 12.0 Å². The van der Waals surface area contributed by atoms with Crippen molar-refractivity contribution < 1.29 is 18.4 Å². The molecule has 0 bridgehead atoms. The van der Waals surface area contributed by atoms with Gasteiger partial charge in [-0.15, -0.1) is 0 Å². The molecule has 2 amide bonds. The number of aromatic nitrogens is 1. The molecule has 140 valence electrons. The van der Waals surface area contributed by atoms with E-state index in [9.17, 15) is 18.4 Å². The average molecular weight is 379 g/mol. The second-order valence-corrected chi connectivity index (χ2v) is 7.24. The molecule has 1 fully saturated rings. The Labute approximate surface area is 159 Å². The number of nitrogens with zero attached hydrogens (tertiary/aromatic N) is 2. The quantitative estimate of drug-likeness (QED) is 0.742. The predicted molar refractivity (Wildman–Crippen MR) is 100 cm³/mol. The summed E-state index contributed by atoms with van der Waals surface area (Å²) in [4.78, 5) is 29.5. The Hall–Kier alpha value is -3.35. The third-order valence-electron chi connectivity index (χ3n) is 5.19. The zero-order chi connectivity index (χ0) is 19.5. The smallest absolute Gasteiger partial charge is 0.282 e. The topological polar surface area (TPSA) is 62.3 Å². The van der Waals surface area contributed by atoms with Gasteiger partial charge in [-0.3, -0.25) is 14.6 Å². The van der Waals surface area contributed by atoms with Crippen LogP contribution in [0, 0.1) is 0 Å². The second kappa shape index (κ2) is 5.82. The van der Waals surface area contributed by atoms with Crippen molar-refractivity contribution in [2.75, 3.05) is 18.4 Å². The molecule has 1 N–H and O–H groups in total. The number of nitrogens with one attached hydrogen (secondary N) is 1. The summed E-state index contributed by atoms with van der Waals surface area (Å²) in [6, 6.07) is 10.8. The fraction of sp³-hybridized carbons (Fsp3) is 0.190. The maximum Gasteiger partial charge on any atom is 0.282 e. The molecular formula is C21H15F2N3O2. The van der Waals surface area contributed by atoms with Crippen LogP contribution in [0.1, 0.15) is 15.9 Å². The number of carbonyl (C=O) groups is 2. The Morgan fingerprint density at radius 2 is 1.93 bits per heavy atom. The highest BCUT2D eigenvalue weighted by atomic mass is 19.3. The lowest BCUT2D eigenvalue weighted by atomic mass is 9.97. The van der Waals surface area contributed by atoms with Gasteiger partial charge in [0.05, 0.1) is 19.5 Å². The molecule has 3 heterocycles. The van der Waals surface area contributed by atoms with Gasteiger partial charge in [-0.05, 0) is 34.7 Å². The Morgan fingerprint density at radius 3 is 2.71 bits per heavy atom. The summed E-state index contributed by atoms with van der Waals surface area (Å²) in [6.07, 6.45) is 3.76. The SMILES string of the molecule is O=C1Cc2ccc(-c3cncc4ccc(C(=O)N5CC(F)(F)C5)cc34)cc2N1. The number of anilines is 1. The standard InChI is InChI=1S/C21H15F2N3O2/c22-21(23)10-26(11-21)20(28)14-3-4-15-8-24-9-17(16(15)5-14)12-1-2-13-7-19(27)25-18(13)6-12/h1-6,8-9H,7,10-11H2,(H,25,27). The van der Waals surface area contributed by atoms with E-state index in [0.717, 1.165) is 38.1 Å². The van der Waals surface area contributed by atoms with Crippen molar-refractivity contribution >= 4 is 28.3 Å². The van der Waals surface area contributed by atoms with Gasteiger partial charge in [0.25, 0.3) is 11.8 Å². The lowest BCUT2D eigenvalue weighted by molar-refractivity contribution is -0.115. The van der Waals surface area contributed by atoms with Crippen LogP contribution >= 0.6 is 0 Å². The van der Waals surface area contributed by atoms with Gasteiger partial charge in [-0.2, -0.15) is 0 Å². The minimum absolute atomic E-state index is 0.0394. The molecule has 5 rings (SSSR count). The average Bonchev–Trinajstić information content (AvgIpc) is 3.03. The summed E-state index contributed by atoms with van der Waals surface area (Å²) in [6.45, 7) is -1.09. The molecule has 28 heavy (non-hydrogen) atoms. The van der Waals surface area contributed by atoms with Crippen molar-refractivity contribution in [3.63, 3.8) is 0 Å². The highest BCUT2D eigenvalue weighted by molar-refractivity contribution is 6.04. The molecule has 2 aliphatic heterocycles. The summed E-state index contributed by atoms with van der Waals surface area (Å²) < 4.78 is 26.2. The molecule has 5 nitrogen and oxygen atoms in total. The van der Waals surface area contributed by atoms with Gasteiger partial charge in [-0.1, -0.05) is 18.2 Å². The maximum absolute atomic E-state index is 13.1. The number of carbonyl (C=O) groups excluding carboxylic acids is 2. The van der Waals surface area contributed by atoms with Crippen LogP contribution in [0.15, 0.2) is 48.8 Å². The summed E-state index contributed by atoms with van der Waals surface area (Å²) in [5.41, 5.74) is 3.75. The van der Waals surface area contributed by atoms with Crippen molar-refractivity contribution in [3.8, 4) is 11.1 Å². The summed E-state index contributed by atoms with van der Waals surface area (Å²) in [5, 5.41) is 4.48. The molecule has 3 aromatic rings. The van der Waals surface area contributed by atoms with Crippen LogP contribution in [0.25, 0.3) is 21.9 Å². The fourth-order valence-electron chi connectivity index (χ4n) is 3.75. The van der Waals surface area contributed by atoms with Crippen LogP contribution in [0.3, 0.4) is 0 Å². The molecule has 0 radical (unpaired) electrons. The molecule has 1 aromatic heterocycles. The van der Waals surface area contributed by atoms with Crippen LogP contribution in [-0.2, 0) is 11.2 Å². The first-order chi connectivity index (χ1) is 13.4. The van der Waals surface area contributed by atoms with E-state index in [1.54, 1.807) is 30.6 Å². The van der Waals surface area contributed by atoms with Gasteiger partial charge in [0.1, 0.15) is 0 Å². The highest BCUT2D eigenvalue weighted by Crippen LogP contribution is 2.34. The van der Waals surface area contributed by atoms with E-state index in [4.69, 9.17) is 0 Å². The molecule has 1 saturated heterocycles. The minimum atomic E-state index is -2.80. The van der Waals surface area contributed by atoms with Crippen molar-refractivity contribution in [2.45, 2.75) is 12.3 Å². The lowest BCUT2D eigenvalue weighted by Gasteiger charge is -2.38. The molecule has 0 unspecified atom stereocenters. The first kappa shape index (κ1) is 16.8. The second-order valence-electron chi connectivity index (χ2n) is 7.24. The van der Waals surface area contributed by atoms with Crippen molar-refractivity contribution in [3.05, 3.63) is 59.9 Å².